The number of rotatable bonds is 6. The number of aryl methyl sites for hydroxylation is 1. The molecule has 0 radical (unpaired) electrons. The van der Waals surface area contributed by atoms with Crippen LogP contribution in [0.25, 0.3) is 10.2 Å². The van der Waals surface area contributed by atoms with E-state index in [-0.39, 0.29) is 11.9 Å². The van der Waals surface area contributed by atoms with E-state index in [0.717, 1.165) is 45.9 Å². The van der Waals surface area contributed by atoms with Crippen LogP contribution in [0.15, 0.2) is 18.0 Å². The summed E-state index contributed by atoms with van der Waals surface area (Å²) in [5.41, 5.74) is 2.49. The number of ether oxygens (including phenoxy) is 1. The SMILES string of the molecule is Cc1c(C(=O)N[C@@H]2CCOC2)sc2ncnc(NCCC3=CCCCC3)c12. The van der Waals surface area contributed by atoms with Crippen LogP contribution in [0.1, 0.15) is 53.8 Å². The lowest BCUT2D eigenvalue weighted by Gasteiger charge is -2.13. The maximum atomic E-state index is 12.7. The van der Waals surface area contributed by atoms with Crippen LogP contribution in [0.2, 0.25) is 0 Å². The van der Waals surface area contributed by atoms with Gasteiger partial charge in [0.05, 0.1) is 22.9 Å². The van der Waals surface area contributed by atoms with Gasteiger partial charge in [-0.25, -0.2) is 9.97 Å². The van der Waals surface area contributed by atoms with Crippen LogP contribution in [0, 0.1) is 6.92 Å². The van der Waals surface area contributed by atoms with Crippen molar-refractivity contribution in [3.05, 3.63) is 28.4 Å². The molecule has 144 valence electrons. The van der Waals surface area contributed by atoms with E-state index in [1.807, 2.05) is 6.92 Å². The Balaban J connectivity index is 1.49. The molecule has 1 atom stereocenters. The van der Waals surface area contributed by atoms with Gasteiger partial charge in [0.1, 0.15) is 17.0 Å². The fraction of sp³-hybridized carbons (Fsp3) is 0.550. The molecule has 2 aliphatic rings. The van der Waals surface area contributed by atoms with Crippen LogP contribution in [-0.2, 0) is 4.74 Å². The largest absolute Gasteiger partial charge is 0.379 e. The third-order valence-corrected chi connectivity index (χ3v) is 6.52. The number of nitrogens with one attached hydrogen (secondary N) is 2. The van der Waals surface area contributed by atoms with Gasteiger partial charge < -0.3 is 15.4 Å². The Morgan fingerprint density at radius 2 is 2.30 bits per heavy atom. The van der Waals surface area contributed by atoms with E-state index in [9.17, 15) is 4.79 Å². The minimum Gasteiger partial charge on any atom is -0.379 e. The number of hydrogen-bond donors (Lipinski definition) is 2. The Morgan fingerprint density at radius 1 is 1.37 bits per heavy atom. The quantitative estimate of drug-likeness (QED) is 0.738. The molecule has 0 unspecified atom stereocenters. The Bertz CT molecular complexity index is 855. The Morgan fingerprint density at radius 3 is 3.07 bits per heavy atom. The van der Waals surface area contributed by atoms with Crippen molar-refractivity contribution >= 4 is 33.3 Å². The van der Waals surface area contributed by atoms with Crippen molar-refractivity contribution in [1.29, 1.82) is 0 Å². The lowest BCUT2D eigenvalue weighted by atomic mass is 9.97. The highest BCUT2D eigenvalue weighted by Crippen LogP contribution is 2.33. The van der Waals surface area contributed by atoms with Crippen LogP contribution in [0.5, 0.6) is 0 Å². The molecule has 1 amide bonds. The molecule has 0 saturated carbocycles. The zero-order valence-corrected chi connectivity index (χ0v) is 16.5. The second kappa shape index (κ2) is 8.35. The number of allylic oxidation sites excluding steroid dienone is 1. The Labute approximate surface area is 163 Å². The maximum absolute atomic E-state index is 12.7. The van der Waals surface area contributed by atoms with Crippen LogP contribution in [-0.4, -0.2) is 41.7 Å². The average Bonchev–Trinajstić information content (AvgIpc) is 3.31. The molecule has 6 nitrogen and oxygen atoms in total. The maximum Gasteiger partial charge on any atom is 0.262 e. The molecule has 4 rings (SSSR count). The van der Waals surface area contributed by atoms with E-state index in [1.165, 1.54) is 37.0 Å². The van der Waals surface area contributed by atoms with Gasteiger partial charge in [-0.2, -0.15) is 0 Å². The fourth-order valence-corrected chi connectivity index (χ4v) is 4.85. The highest BCUT2D eigenvalue weighted by molar-refractivity contribution is 7.20. The summed E-state index contributed by atoms with van der Waals surface area (Å²) in [5, 5.41) is 7.50. The molecule has 7 heteroatoms. The first-order chi connectivity index (χ1) is 13.2. The summed E-state index contributed by atoms with van der Waals surface area (Å²) in [6.45, 7) is 4.15. The average molecular weight is 387 g/mol. The zero-order chi connectivity index (χ0) is 18.6. The highest BCUT2D eigenvalue weighted by Gasteiger charge is 2.23. The van der Waals surface area contributed by atoms with Crippen LogP contribution >= 0.6 is 11.3 Å². The molecule has 1 fully saturated rings. The zero-order valence-electron chi connectivity index (χ0n) is 15.7. The van der Waals surface area contributed by atoms with Crippen molar-refractivity contribution in [3.63, 3.8) is 0 Å². The van der Waals surface area contributed by atoms with Gasteiger partial charge in [0.25, 0.3) is 5.91 Å². The summed E-state index contributed by atoms with van der Waals surface area (Å²) in [6.07, 6.45) is 10.9. The monoisotopic (exact) mass is 386 g/mol. The standard InChI is InChI=1S/C20H26N4O2S/c1-13-16-18(21-9-7-14-5-3-2-4-6-14)22-12-23-20(16)27-17(13)19(25)24-15-8-10-26-11-15/h5,12,15H,2-4,6-11H2,1H3,(H,24,25)(H,21,22,23)/t15-/m1/s1. The van der Waals surface area contributed by atoms with E-state index in [4.69, 9.17) is 4.74 Å². The van der Waals surface area contributed by atoms with E-state index >= 15 is 0 Å². The number of thiophene rings is 1. The van der Waals surface area contributed by atoms with Crippen molar-refractivity contribution in [2.75, 3.05) is 25.1 Å². The van der Waals surface area contributed by atoms with Crippen LogP contribution in [0.4, 0.5) is 5.82 Å². The van der Waals surface area contributed by atoms with Crippen molar-refractivity contribution < 1.29 is 9.53 Å². The second-order valence-corrected chi connectivity index (χ2v) is 8.28. The number of carbonyl (C=O) groups excluding carboxylic acids is 1. The van der Waals surface area contributed by atoms with Crippen molar-refractivity contribution in [3.8, 4) is 0 Å². The lowest BCUT2D eigenvalue weighted by Crippen LogP contribution is -2.34. The smallest absolute Gasteiger partial charge is 0.262 e. The molecule has 2 N–H and O–H groups in total. The Hall–Kier alpha value is -1.99. The topological polar surface area (TPSA) is 76.1 Å². The van der Waals surface area contributed by atoms with Crippen molar-refractivity contribution in [2.24, 2.45) is 0 Å². The predicted molar refractivity (Wildman–Crippen MR) is 108 cm³/mol. The van der Waals surface area contributed by atoms with Crippen molar-refractivity contribution in [1.82, 2.24) is 15.3 Å². The number of hydrogen-bond acceptors (Lipinski definition) is 6. The minimum atomic E-state index is -0.0377. The van der Waals surface area contributed by atoms with Gasteiger partial charge in [-0.15, -0.1) is 11.3 Å². The first-order valence-electron chi connectivity index (χ1n) is 9.77. The number of fused-ring (bicyclic) bond motifs is 1. The summed E-state index contributed by atoms with van der Waals surface area (Å²) in [7, 11) is 0. The Kier molecular flexibility index (Phi) is 5.69. The van der Waals surface area contributed by atoms with E-state index < -0.39 is 0 Å². The van der Waals surface area contributed by atoms with Crippen LogP contribution < -0.4 is 10.6 Å². The fourth-order valence-electron chi connectivity index (χ4n) is 3.79. The van der Waals surface area contributed by atoms with Gasteiger partial charge in [0.2, 0.25) is 0 Å². The summed E-state index contributed by atoms with van der Waals surface area (Å²) >= 11 is 1.44. The number of aromatic nitrogens is 2. The minimum absolute atomic E-state index is 0.0377. The van der Waals surface area contributed by atoms with Gasteiger partial charge in [0, 0.05) is 13.2 Å². The number of nitrogens with zero attached hydrogens (tertiary/aromatic N) is 2. The lowest BCUT2D eigenvalue weighted by molar-refractivity contribution is 0.0933. The number of amides is 1. The molecule has 1 aliphatic carbocycles. The third-order valence-electron chi connectivity index (χ3n) is 5.32. The summed E-state index contributed by atoms with van der Waals surface area (Å²) in [5.74, 6) is 0.790. The molecule has 1 saturated heterocycles. The molecule has 27 heavy (non-hydrogen) atoms. The van der Waals surface area contributed by atoms with Gasteiger partial charge in [0.15, 0.2) is 0 Å². The number of carbonyl (C=O) groups is 1. The van der Waals surface area contributed by atoms with Gasteiger partial charge in [-0.05, 0) is 51.0 Å². The normalized spacial score (nSPS) is 19.9. The van der Waals surface area contributed by atoms with Gasteiger partial charge in [-0.3, -0.25) is 4.79 Å². The third kappa shape index (κ3) is 4.14. The molecule has 0 spiro atoms. The molecule has 1 aliphatic heterocycles. The van der Waals surface area contributed by atoms with E-state index in [1.54, 1.807) is 11.9 Å². The first kappa shape index (κ1) is 18.4. The summed E-state index contributed by atoms with van der Waals surface area (Å²) < 4.78 is 5.35. The van der Waals surface area contributed by atoms with Crippen molar-refractivity contribution in [2.45, 2.75) is 51.5 Å². The van der Waals surface area contributed by atoms with Gasteiger partial charge in [-0.1, -0.05) is 11.6 Å². The molecular weight excluding hydrogens is 360 g/mol. The molecule has 2 aromatic rings. The molecule has 3 heterocycles. The van der Waals surface area contributed by atoms with E-state index in [0.29, 0.717) is 13.2 Å². The van der Waals surface area contributed by atoms with Crippen LogP contribution in [0.3, 0.4) is 0 Å². The highest BCUT2D eigenvalue weighted by atomic mass is 32.1. The molecule has 0 bridgehead atoms. The summed E-state index contributed by atoms with van der Waals surface area (Å²) in [6, 6.07) is 0.106. The van der Waals surface area contributed by atoms with Gasteiger partial charge >= 0.3 is 0 Å². The second-order valence-electron chi connectivity index (χ2n) is 7.28. The predicted octanol–water partition coefficient (Wildman–Crippen LogP) is 3.82. The molecular formula is C20H26N4O2S. The number of anilines is 1. The molecule has 2 aromatic heterocycles. The summed E-state index contributed by atoms with van der Waals surface area (Å²) in [4.78, 5) is 23.1. The molecule has 0 aromatic carbocycles. The first-order valence-corrected chi connectivity index (χ1v) is 10.6. The van der Waals surface area contributed by atoms with E-state index in [2.05, 4.69) is 26.7 Å².